The summed E-state index contributed by atoms with van der Waals surface area (Å²) in [6.07, 6.45) is 0.771. The first kappa shape index (κ1) is 15.3. The molecule has 0 radical (unpaired) electrons. The number of hydrogen-bond donors (Lipinski definition) is 1. The Hall–Kier alpha value is -1.79. The molecular weight excluding hydrogens is 252 g/mol. The highest BCUT2D eigenvalue weighted by Gasteiger charge is 2.40. The van der Waals surface area contributed by atoms with Gasteiger partial charge in [0.05, 0.1) is 13.5 Å². The van der Waals surface area contributed by atoms with E-state index in [2.05, 4.69) is 4.74 Å². The Labute approximate surface area is 112 Å². The van der Waals surface area contributed by atoms with Crippen LogP contribution >= 0.6 is 0 Å². The van der Waals surface area contributed by atoms with Gasteiger partial charge in [-0.2, -0.15) is 0 Å². The second-order valence-corrected chi connectivity index (χ2v) is 4.77. The van der Waals surface area contributed by atoms with Crippen molar-refractivity contribution in [2.24, 2.45) is 5.92 Å². The van der Waals surface area contributed by atoms with Crippen LogP contribution in [-0.4, -0.2) is 66.2 Å². The molecule has 2 unspecified atom stereocenters. The number of carbonyl (C=O) groups is 3. The Bertz CT molecular complexity index is 371. The van der Waals surface area contributed by atoms with Crippen molar-refractivity contribution < 1.29 is 24.2 Å². The third-order valence-electron chi connectivity index (χ3n) is 3.40. The van der Waals surface area contributed by atoms with Gasteiger partial charge in [0, 0.05) is 20.1 Å². The van der Waals surface area contributed by atoms with Gasteiger partial charge in [0.25, 0.3) is 0 Å². The maximum absolute atomic E-state index is 12.1. The Kier molecular flexibility index (Phi) is 5.14. The monoisotopic (exact) mass is 272 g/mol. The second kappa shape index (κ2) is 6.40. The largest absolute Gasteiger partial charge is 0.480 e. The standard InChI is InChI=1S/C12H20N2O5/c1-8-4-7-14(10(8)11(16)17)12(18)13(2)6-5-9(15)19-3/h8,10H,4-7H2,1-3H3,(H,16,17). The van der Waals surface area contributed by atoms with Crippen LogP contribution in [0, 0.1) is 5.92 Å². The van der Waals surface area contributed by atoms with E-state index < -0.39 is 18.0 Å². The van der Waals surface area contributed by atoms with Gasteiger partial charge in [0.15, 0.2) is 0 Å². The third-order valence-corrected chi connectivity index (χ3v) is 3.40. The maximum Gasteiger partial charge on any atom is 0.326 e. The third kappa shape index (κ3) is 3.59. The summed E-state index contributed by atoms with van der Waals surface area (Å²) < 4.78 is 4.50. The molecule has 7 heteroatoms. The number of amides is 2. The molecule has 1 aliphatic heterocycles. The first-order valence-corrected chi connectivity index (χ1v) is 6.19. The van der Waals surface area contributed by atoms with Crippen LogP contribution in [0.2, 0.25) is 0 Å². The van der Waals surface area contributed by atoms with E-state index in [0.717, 1.165) is 0 Å². The Morgan fingerprint density at radius 3 is 2.58 bits per heavy atom. The van der Waals surface area contributed by atoms with Gasteiger partial charge in [-0.15, -0.1) is 0 Å². The summed E-state index contributed by atoms with van der Waals surface area (Å²) in [5, 5.41) is 9.15. The van der Waals surface area contributed by atoms with Crippen molar-refractivity contribution in [2.45, 2.75) is 25.8 Å². The van der Waals surface area contributed by atoms with Gasteiger partial charge in [-0.3, -0.25) is 4.79 Å². The molecule has 7 nitrogen and oxygen atoms in total. The number of methoxy groups -OCH3 is 1. The summed E-state index contributed by atoms with van der Waals surface area (Å²) in [4.78, 5) is 37.0. The molecule has 0 bridgehead atoms. The number of aliphatic carboxylic acids is 1. The van der Waals surface area contributed by atoms with E-state index in [1.54, 1.807) is 7.05 Å². The van der Waals surface area contributed by atoms with Crippen molar-refractivity contribution in [1.29, 1.82) is 0 Å². The zero-order chi connectivity index (χ0) is 14.6. The molecule has 1 aliphatic rings. The highest BCUT2D eigenvalue weighted by atomic mass is 16.5. The predicted molar refractivity (Wildman–Crippen MR) is 66.6 cm³/mol. The van der Waals surface area contributed by atoms with Crippen molar-refractivity contribution in [3.8, 4) is 0 Å². The number of likely N-dealkylation sites (tertiary alicyclic amines) is 1. The number of carboxylic acid groups (broad SMARTS) is 1. The SMILES string of the molecule is COC(=O)CCN(C)C(=O)N1CCC(C)C1C(=O)O. The molecule has 0 aromatic rings. The molecule has 1 fully saturated rings. The van der Waals surface area contributed by atoms with Crippen LogP contribution in [0.1, 0.15) is 19.8 Å². The van der Waals surface area contributed by atoms with Crippen molar-refractivity contribution >= 4 is 18.0 Å². The van der Waals surface area contributed by atoms with E-state index in [1.165, 1.54) is 16.9 Å². The maximum atomic E-state index is 12.1. The Balaban J connectivity index is 2.61. The van der Waals surface area contributed by atoms with Crippen LogP contribution < -0.4 is 0 Å². The summed E-state index contributed by atoms with van der Waals surface area (Å²) in [6.45, 7) is 2.46. The highest BCUT2D eigenvalue weighted by Crippen LogP contribution is 2.25. The van der Waals surface area contributed by atoms with Crippen molar-refractivity contribution in [3.05, 3.63) is 0 Å². The van der Waals surface area contributed by atoms with Gasteiger partial charge in [-0.25, -0.2) is 9.59 Å². The van der Waals surface area contributed by atoms with E-state index in [1.807, 2.05) is 6.92 Å². The number of esters is 1. The topological polar surface area (TPSA) is 87.2 Å². The minimum Gasteiger partial charge on any atom is -0.480 e. The molecule has 1 N–H and O–H groups in total. The lowest BCUT2D eigenvalue weighted by atomic mass is 10.0. The lowest BCUT2D eigenvalue weighted by Crippen LogP contribution is -2.48. The average molecular weight is 272 g/mol. The fraction of sp³-hybridized carbons (Fsp3) is 0.750. The number of carbonyl (C=O) groups excluding carboxylic acids is 2. The number of ether oxygens (including phenoxy) is 1. The number of rotatable bonds is 4. The fourth-order valence-corrected chi connectivity index (χ4v) is 2.21. The molecule has 1 rings (SSSR count). The minimum absolute atomic E-state index is 0.0598. The van der Waals surface area contributed by atoms with Crippen molar-refractivity contribution in [1.82, 2.24) is 9.80 Å². The minimum atomic E-state index is -0.986. The molecule has 0 aromatic heterocycles. The molecule has 108 valence electrons. The van der Waals surface area contributed by atoms with Gasteiger partial charge in [0.1, 0.15) is 6.04 Å². The quantitative estimate of drug-likeness (QED) is 0.748. The summed E-state index contributed by atoms with van der Waals surface area (Å²) in [5.41, 5.74) is 0. The summed E-state index contributed by atoms with van der Waals surface area (Å²) in [6, 6.07) is -1.14. The smallest absolute Gasteiger partial charge is 0.326 e. The number of hydrogen-bond acceptors (Lipinski definition) is 4. The van der Waals surface area contributed by atoms with Crippen LogP contribution in [0.15, 0.2) is 0 Å². The highest BCUT2D eigenvalue weighted by molar-refractivity contribution is 5.83. The number of urea groups is 1. The molecule has 0 aliphatic carbocycles. The first-order valence-electron chi connectivity index (χ1n) is 6.19. The number of nitrogens with zero attached hydrogens (tertiary/aromatic N) is 2. The normalized spacial score (nSPS) is 22.2. The molecule has 1 heterocycles. The van der Waals surface area contributed by atoms with E-state index in [9.17, 15) is 14.4 Å². The molecule has 1 saturated heterocycles. The first-order chi connectivity index (χ1) is 8.88. The molecular formula is C12H20N2O5. The summed E-state index contributed by atoms with van der Waals surface area (Å²) >= 11 is 0. The molecule has 2 atom stereocenters. The van der Waals surface area contributed by atoms with Crippen molar-refractivity contribution in [2.75, 3.05) is 27.2 Å². The Morgan fingerprint density at radius 2 is 2.05 bits per heavy atom. The summed E-state index contributed by atoms with van der Waals surface area (Å²) in [5.74, 6) is -1.45. The predicted octanol–water partition coefficient (Wildman–Crippen LogP) is 0.396. The van der Waals surface area contributed by atoms with E-state index >= 15 is 0 Å². The van der Waals surface area contributed by atoms with Gasteiger partial charge in [-0.1, -0.05) is 6.92 Å². The lowest BCUT2D eigenvalue weighted by Gasteiger charge is -2.28. The van der Waals surface area contributed by atoms with Crippen LogP contribution in [-0.2, 0) is 14.3 Å². The average Bonchev–Trinajstić information content (AvgIpc) is 2.76. The zero-order valence-corrected chi connectivity index (χ0v) is 11.5. The Morgan fingerprint density at radius 1 is 1.42 bits per heavy atom. The van der Waals surface area contributed by atoms with E-state index in [4.69, 9.17) is 5.11 Å². The van der Waals surface area contributed by atoms with E-state index in [0.29, 0.717) is 13.0 Å². The van der Waals surface area contributed by atoms with Crippen LogP contribution in [0.25, 0.3) is 0 Å². The van der Waals surface area contributed by atoms with Gasteiger partial charge >= 0.3 is 18.0 Å². The second-order valence-electron chi connectivity index (χ2n) is 4.77. The van der Waals surface area contributed by atoms with E-state index in [-0.39, 0.29) is 24.9 Å². The fourth-order valence-electron chi connectivity index (χ4n) is 2.21. The van der Waals surface area contributed by atoms with Gasteiger partial charge in [-0.05, 0) is 12.3 Å². The zero-order valence-electron chi connectivity index (χ0n) is 11.5. The number of carboxylic acids is 1. The molecule has 0 saturated carbocycles. The van der Waals surface area contributed by atoms with Crippen molar-refractivity contribution in [3.63, 3.8) is 0 Å². The molecule has 19 heavy (non-hydrogen) atoms. The van der Waals surface area contributed by atoms with Crippen LogP contribution in [0.5, 0.6) is 0 Å². The molecule has 0 aromatic carbocycles. The van der Waals surface area contributed by atoms with Crippen LogP contribution in [0.3, 0.4) is 0 Å². The van der Waals surface area contributed by atoms with Crippen LogP contribution in [0.4, 0.5) is 4.79 Å². The van der Waals surface area contributed by atoms with Gasteiger partial charge in [0.2, 0.25) is 0 Å². The lowest BCUT2D eigenvalue weighted by molar-refractivity contribution is -0.143. The molecule has 0 spiro atoms. The van der Waals surface area contributed by atoms with Gasteiger partial charge < -0.3 is 19.6 Å². The molecule has 2 amide bonds. The summed E-state index contributed by atoms with van der Waals surface area (Å²) in [7, 11) is 2.83.